The van der Waals surface area contributed by atoms with Crippen molar-refractivity contribution in [2.75, 3.05) is 31.6 Å². The van der Waals surface area contributed by atoms with Crippen LogP contribution in [0.3, 0.4) is 0 Å². The number of thiophene rings is 1. The maximum Gasteiger partial charge on any atom is 0.341 e. The lowest BCUT2D eigenvalue weighted by Gasteiger charge is -2.32. The van der Waals surface area contributed by atoms with E-state index in [9.17, 15) is 14.4 Å². The number of carbonyl (C=O) groups is 3. The molecule has 10 heteroatoms. The molecule has 2 heterocycles. The Morgan fingerprint density at radius 3 is 2.57 bits per heavy atom. The number of nitrogens with zero attached hydrogens (tertiary/aromatic N) is 1. The maximum atomic E-state index is 12.8. The topological polar surface area (TPSA) is 87.7 Å². The lowest BCUT2D eigenvalue weighted by atomic mass is 9.95. The molecule has 1 aliphatic carbocycles. The third-order valence-electron chi connectivity index (χ3n) is 6.50. The quantitative estimate of drug-likeness (QED) is 0.457. The van der Waals surface area contributed by atoms with Crippen molar-refractivity contribution < 1.29 is 19.1 Å². The summed E-state index contributed by atoms with van der Waals surface area (Å²) in [5, 5.41) is 7.17. The lowest BCUT2D eigenvalue weighted by Crippen LogP contribution is -2.42. The second kappa shape index (κ2) is 11.6. The molecule has 35 heavy (non-hydrogen) atoms. The smallest absolute Gasteiger partial charge is 0.341 e. The Morgan fingerprint density at radius 2 is 1.86 bits per heavy atom. The van der Waals surface area contributed by atoms with Gasteiger partial charge in [-0.3, -0.25) is 10.1 Å². The van der Waals surface area contributed by atoms with Crippen LogP contribution in [0, 0.1) is 5.92 Å². The molecule has 0 radical (unpaired) electrons. The zero-order valence-electron chi connectivity index (χ0n) is 19.6. The van der Waals surface area contributed by atoms with Gasteiger partial charge in [0.2, 0.25) is 0 Å². The number of rotatable bonds is 6. The molecule has 188 valence electrons. The first-order valence-corrected chi connectivity index (χ1v) is 13.6. The summed E-state index contributed by atoms with van der Waals surface area (Å²) in [4.78, 5) is 41.0. The standard InChI is InChI=1S/C25H29Cl2N3O4S/c1-2-34-24(32)21-17-5-3-4-6-20(17)35-22(21)29-25(33)28-14-15-9-11-30(12-10-15)23(31)16-7-8-18(26)19(27)13-16/h7-8,13,15H,2-6,9-12,14H2,1H3,(H2,28,29,33). The molecule has 2 N–H and O–H groups in total. The highest BCUT2D eigenvalue weighted by Gasteiger charge is 2.28. The van der Waals surface area contributed by atoms with Gasteiger partial charge in [-0.05, 0) is 75.1 Å². The molecule has 1 fully saturated rings. The number of likely N-dealkylation sites (tertiary alicyclic amines) is 1. The van der Waals surface area contributed by atoms with Gasteiger partial charge in [0.25, 0.3) is 5.91 Å². The summed E-state index contributed by atoms with van der Waals surface area (Å²) in [5.74, 6) is -0.179. The second-order valence-corrected chi connectivity index (χ2v) is 10.8. The summed E-state index contributed by atoms with van der Waals surface area (Å²) in [6, 6.07) is 4.58. The number of piperidine rings is 1. The maximum absolute atomic E-state index is 12.8. The van der Waals surface area contributed by atoms with Crippen LogP contribution in [-0.2, 0) is 17.6 Å². The highest BCUT2D eigenvalue weighted by Crippen LogP contribution is 2.38. The Bertz CT molecular complexity index is 1110. The van der Waals surface area contributed by atoms with Crippen molar-refractivity contribution >= 4 is 57.4 Å². The molecule has 3 amide bonds. The predicted octanol–water partition coefficient (Wildman–Crippen LogP) is 5.78. The number of urea groups is 1. The van der Waals surface area contributed by atoms with E-state index in [-0.39, 0.29) is 23.8 Å². The number of anilines is 1. The van der Waals surface area contributed by atoms with Crippen LogP contribution in [0.5, 0.6) is 0 Å². The van der Waals surface area contributed by atoms with Gasteiger partial charge in [-0.25, -0.2) is 9.59 Å². The van der Waals surface area contributed by atoms with Crippen molar-refractivity contribution in [2.45, 2.75) is 45.4 Å². The van der Waals surface area contributed by atoms with E-state index in [1.807, 2.05) is 0 Å². The molecule has 1 aromatic carbocycles. The van der Waals surface area contributed by atoms with E-state index in [1.165, 1.54) is 11.3 Å². The number of ether oxygens (including phenoxy) is 1. The Labute approximate surface area is 219 Å². The van der Waals surface area contributed by atoms with E-state index in [0.29, 0.717) is 52.4 Å². The molecule has 0 spiro atoms. The van der Waals surface area contributed by atoms with Gasteiger partial charge in [-0.2, -0.15) is 0 Å². The Morgan fingerprint density at radius 1 is 1.11 bits per heavy atom. The molecule has 1 saturated heterocycles. The fourth-order valence-corrected chi connectivity index (χ4v) is 6.18. The second-order valence-electron chi connectivity index (χ2n) is 8.83. The summed E-state index contributed by atoms with van der Waals surface area (Å²) in [7, 11) is 0. The van der Waals surface area contributed by atoms with Crippen LogP contribution < -0.4 is 10.6 Å². The minimum Gasteiger partial charge on any atom is -0.462 e. The van der Waals surface area contributed by atoms with Gasteiger partial charge in [0.05, 0.1) is 22.2 Å². The number of esters is 1. The first kappa shape index (κ1) is 25.8. The predicted molar refractivity (Wildman–Crippen MR) is 139 cm³/mol. The summed E-state index contributed by atoms with van der Waals surface area (Å²) >= 11 is 13.5. The van der Waals surface area contributed by atoms with Crippen molar-refractivity contribution in [3.05, 3.63) is 49.8 Å². The van der Waals surface area contributed by atoms with Crippen molar-refractivity contribution in [3.63, 3.8) is 0 Å². The molecule has 0 saturated carbocycles. The molecule has 2 aromatic rings. The first-order chi connectivity index (χ1) is 16.9. The lowest BCUT2D eigenvalue weighted by molar-refractivity contribution is 0.0526. The number of hydrogen-bond donors (Lipinski definition) is 2. The molecule has 1 aromatic heterocycles. The molecule has 7 nitrogen and oxygen atoms in total. The number of halogens is 2. The summed E-state index contributed by atoms with van der Waals surface area (Å²) in [6.45, 7) is 3.79. The van der Waals surface area contributed by atoms with E-state index in [1.54, 1.807) is 30.0 Å². The SMILES string of the molecule is CCOC(=O)c1c(NC(=O)NCC2CCN(C(=O)c3ccc(Cl)c(Cl)c3)CC2)sc2c1CCCC2. The van der Waals surface area contributed by atoms with Gasteiger partial charge in [-0.1, -0.05) is 23.2 Å². The zero-order valence-corrected chi connectivity index (χ0v) is 22.0. The van der Waals surface area contributed by atoms with E-state index in [2.05, 4.69) is 10.6 Å². The van der Waals surface area contributed by atoms with E-state index in [0.717, 1.165) is 49.0 Å². The minimum atomic E-state index is -0.374. The number of carbonyl (C=O) groups excluding carboxylic acids is 3. The number of fused-ring (bicyclic) bond motifs is 1. The number of nitrogens with one attached hydrogen (secondary N) is 2. The van der Waals surface area contributed by atoms with Gasteiger partial charge < -0.3 is 15.0 Å². The van der Waals surface area contributed by atoms with E-state index in [4.69, 9.17) is 27.9 Å². The Kier molecular flexibility index (Phi) is 8.57. The molecule has 2 aliphatic rings. The van der Waals surface area contributed by atoms with Gasteiger partial charge in [0, 0.05) is 30.1 Å². The van der Waals surface area contributed by atoms with Crippen molar-refractivity contribution in [1.82, 2.24) is 10.2 Å². The number of hydrogen-bond acceptors (Lipinski definition) is 5. The van der Waals surface area contributed by atoms with E-state index >= 15 is 0 Å². The van der Waals surface area contributed by atoms with Crippen LogP contribution in [-0.4, -0.2) is 49.0 Å². The average Bonchev–Trinajstić information content (AvgIpc) is 3.22. The van der Waals surface area contributed by atoms with Crippen LogP contribution in [0.1, 0.15) is 63.8 Å². The van der Waals surface area contributed by atoms with Gasteiger partial charge in [-0.15, -0.1) is 11.3 Å². The van der Waals surface area contributed by atoms with Crippen LogP contribution in [0.15, 0.2) is 18.2 Å². The van der Waals surface area contributed by atoms with Crippen LogP contribution in [0.4, 0.5) is 9.80 Å². The van der Waals surface area contributed by atoms with Gasteiger partial charge in [0.1, 0.15) is 5.00 Å². The van der Waals surface area contributed by atoms with Crippen LogP contribution >= 0.6 is 34.5 Å². The van der Waals surface area contributed by atoms with Crippen molar-refractivity contribution in [2.24, 2.45) is 5.92 Å². The van der Waals surface area contributed by atoms with Crippen LogP contribution in [0.25, 0.3) is 0 Å². The molecular formula is C25H29Cl2N3O4S. The number of amides is 3. The summed E-state index contributed by atoms with van der Waals surface area (Å²) < 4.78 is 5.25. The highest BCUT2D eigenvalue weighted by atomic mass is 35.5. The fourth-order valence-electron chi connectivity index (χ4n) is 4.61. The molecule has 0 bridgehead atoms. The van der Waals surface area contributed by atoms with Crippen molar-refractivity contribution in [1.29, 1.82) is 0 Å². The molecular weight excluding hydrogens is 509 g/mol. The Hall–Kier alpha value is -2.29. The average molecular weight is 538 g/mol. The van der Waals surface area contributed by atoms with Gasteiger partial charge in [0.15, 0.2) is 0 Å². The zero-order chi connectivity index (χ0) is 24.9. The summed E-state index contributed by atoms with van der Waals surface area (Å²) in [5.41, 5.74) is 2.05. The van der Waals surface area contributed by atoms with Gasteiger partial charge >= 0.3 is 12.0 Å². The normalized spacial score (nSPS) is 15.9. The largest absolute Gasteiger partial charge is 0.462 e. The third-order valence-corrected chi connectivity index (χ3v) is 8.44. The molecule has 4 rings (SSSR count). The third kappa shape index (κ3) is 6.11. The van der Waals surface area contributed by atoms with E-state index < -0.39 is 0 Å². The number of benzene rings is 1. The molecule has 1 aliphatic heterocycles. The molecule has 0 unspecified atom stereocenters. The first-order valence-electron chi connectivity index (χ1n) is 12.0. The Balaban J connectivity index is 1.29. The minimum absolute atomic E-state index is 0.0686. The number of aryl methyl sites for hydroxylation is 1. The van der Waals surface area contributed by atoms with Crippen molar-refractivity contribution in [3.8, 4) is 0 Å². The monoisotopic (exact) mass is 537 g/mol. The summed E-state index contributed by atoms with van der Waals surface area (Å²) in [6.07, 6.45) is 5.46. The van der Waals surface area contributed by atoms with Crippen LogP contribution in [0.2, 0.25) is 10.0 Å². The fraction of sp³-hybridized carbons (Fsp3) is 0.480. The molecule has 0 atom stereocenters. The highest BCUT2D eigenvalue weighted by molar-refractivity contribution is 7.17.